The highest BCUT2D eigenvalue weighted by molar-refractivity contribution is 5.75. The maximum absolute atomic E-state index is 5.68. The average molecular weight is 244 g/mol. The number of anilines is 1. The number of benzene rings is 1. The Morgan fingerprint density at radius 3 is 2.61 bits per heavy atom. The summed E-state index contributed by atoms with van der Waals surface area (Å²) >= 11 is 0. The third-order valence-electron chi connectivity index (χ3n) is 2.56. The molecule has 0 saturated heterocycles. The molecule has 0 amide bonds. The van der Waals surface area contributed by atoms with Gasteiger partial charge in [-0.25, -0.2) is 0 Å². The van der Waals surface area contributed by atoms with Gasteiger partial charge in [-0.05, 0) is 25.1 Å². The standard InChI is InChI=1S/C14H16N2O2/c1-3-18-14-11(8-9-13(15)16-14)10-6-4-5-7-12(10)17-2/h4-9H,3H2,1-2H3,(H2,15,16). The molecule has 1 heterocycles. The smallest absolute Gasteiger partial charge is 0.223 e. The number of hydrogen-bond acceptors (Lipinski definition) is 4. The van der Waals surface area contributed by atoms with Crippen molar-refractivity contribution in [2.45, 2.75) is 6.92 Å². The summed E-state index contributed by atoms with van der Waals surface area (Å²) in [5.74, 6) is 1.75. The molecular formula is C14H16N2O2. The SMILES string of the molecule is CCOc1nc(N)ccc1-c1ccccc1OC. The van der Waals surface area contributed by atoms with Crippen LogP contribution in [0.1, 0.15) is 6.92 Å². The Labute approximate surface area is 106 Å². The van der Waals surface area contributed by atoms with Gasteiger partial charge < -0.3 is 15.2 Å². The van der Waals surface area contributed by atoms with Crippen LogP contribution >= 0.6 is 0 Å². The Balaban J connectivity index is 2.55. The van der Waals surface area contributed by atoms with Gasteiger partial charge in [-0.15, -0.1) is 0 Å². The van der Waals surface area contributed by atoms with E-state index < -0.39 is 0 Å². The number of para-hydroxylation sites is 1. The first-order valence-electron chi connectivity index (χ1n) is 5.79. The molecule has 94 valence electrons. The molecule has 2 rings (SSSR count). The van der Waals surface area contributed by atoms with Crippen molar-refractivity contribution >= 4 is 5.82 Å². The van der Waals surface area contributed by atoms with Crippen LogP contribution in [0.25, 0.3) is 11.1 Å². The van der Waals surface area contributed by atoms with Crippen LogP contribution in [0, 0.1) is 0 Å². The van der Waals surface area contributed by atoms with Crippen molar-refractivity contribution in [3.05, 3.63) is 36.4 Å². The number of pyridine rings is 1. The second-order valence-corrected chi connectivity index (χ2v) is 3.72. The van der Waals surface area contributed by atoms with E-state index >= 15 is 0 Å². The predicted octanol–water partition coefficient (Wildman–Crippen LogP) is 2.74. The van der Waals surface area contributed by atoms with Gasteiger partial charge in [0.25, 0.3) is 0 Å². The first-order valence-corrected chi connectivity index (χ1v) is 5.79. The average Bonchev–Trinajstić information content (AvgIpc) is 2.39. The third kappa shape index (κ3) is 2.37. The highest BCUT2D eigenvalue weighted by Crippen LogP contribution is 2.35. The normalized spacial score (nSPS) is 10.1. The molecular weight excluding hydrogens is 228 g/mol. The monoisotopic (exact) mass is 244 g/mol. The number of nitrogen functional groups attached to an aromatic ring is 1. The lowest BCUT2D eigenvalue weighted by Crippen LogP contribution is -2.00. The fraction of sp³-hybridized carbons (Fsp3) is 0.214. The molecule has 0 atom stereocenters. The minimum atomic E-state index is 0.442. The molecule has 0 fully saturated rings. The lowest BCUT2D eigenvalue weighted by molar-refractivity contribution is 0.328. The zero-order chi connectivity index (χ0) is 13.0. The largest absolute Gasteiger partial charge is 0.496 e. The molecule has 2 aromatic rings. The highest BCUT2D eigenvalue weighted by atomic mass is 16.5. The summed E-state index contributed by atoms with van der Waals surface area (Å²) in [6.07, 6.45) is 0. The molecule has 0 aliphatic carbocycles. The van der Waals surface area contributed by atoms with E-state index in [0.29, 0.717) is 18.3 Å². The van der Waals surface area contributed by atoms with E-state index in [1.807, 2.05) is 37.3 Å². The number of methoxy groups -OCH3 is 1. The van der Waals surface area contributed by atoms with Crippen LogP contribution in [-0.2, 0) is 0 Å². The van der Waals surface area contributed by atoms with Crippen molar-refractivity contribution in [2.24, 2.45) is 0 Å². The second-order valence-electron chi connectivity index (χ2n) is 3.72. The molecule has 0 aliphatic heterocycles. The Morgan fingerprint density at radius 1 is 1.11 bits per heavy atom. The Hall–Kier alpha value is -2.23. The molecule has 4 heteroatoms. The fourth-order valence-electron chi connectivity index (χ4n) is 1.77. The molecule has 0 aliphatic rings. The molecule has 0 bridgehead atoms. The van der Waals surface area contributed by atoms with Crippen LogP contribution in [0.15, 0.2) is 36.4 Å². The van der Waals surface area contributed by atoms with Crippen LogP contribution in [-0.4, -0.2) is 18.7 Å². The number of aromatic nitrogens is 1. The Kier molecular flexibility index (Phi) is 3.67. The number of ether oxygens (including phenoxy) is 2. The van der Waals surface area contributed by atoms with Gasteiger partial charge in [0, 0.05) is 11.1 Å². The lowest BCUT2D eigenvalue weighted by Gasteiger charge is -2.12. The van der Waals surface area contributed by atoms with E-state index in [1.165, 1.54) is 0 Å². The minimum Gasteiger partial charge on any atom is -0.496 e. The Morgan fingerprint density at radius 2 is 1.89 bits per heavy atom. The molecule has 1 aromatic heterocycles. The molecule has 0 radical (unpaired) electrons. The first-order chi connectivity index (χ1) is 8.76. The maximum atomic E-state index is 5.68. The summed E-state index contributed by atoms with van der Waals surface area (Å²) in [5.41, 5.74) is 7.50. The summed E-state index contributed by atoms with van der Waals surface area (Å²) in [6.45, 7) is 2.45. The van der Waals surface area contributed by atoms with Gasteiger partial charge in [0.2, 0.25) is 5.88 Å². The number of rotatable bonds is 4. The van der Waals surface area contributed by atoms with E-state index in [0.717, 1.165) is 16.9 Å². The van der Waals surface area contributed by atoms with Crippen molar-refractivity contribution in [3.63, 3.8) is 0 Å². The van der Waals surface area contributed by atoms with E-state index in [2.05, 4.69) is 4.98 Å². The van der Waals surface area contributed by atoms with Crippen molar-refractivity contribution in [3.8, 4) is 22.8 Å². The maximum Gasteiger partial charge on any atom is 0.223 e. The van der Waals surface area contributed by atoms with Crippen LogP contribution in [0.5, 0.6) is 11.6 Å². The summed E-state index contributed by atoms with van der Waals surface area (Å²) < 4.78 is 10.9. The second kappa shape index (κ2) is 5.40. The van der Waals surface area contributed by atoms with Gasteiger partial charge in [-0.3, -0.25) is 0 Å². The number of nitrogens with zero attached hydrogens (tertiary/aromatic N) is 1. The van der Waals surface area contributed by atoms with Crippen molar-refractivity contribution in [1.82, 2.24) is 4.98 Å². The van der Waals surface area contributed by atoms with Gasteiger partial charge in [0.15, 0.2) is 0 Å². The summed E-state index contributed by atoms with van der Waals surface area (Å²) in [4.78, 5) is 4.21. The zero-order valence-corrected chi connectivity index (χ0v) is 10.5. The highest BCUT2D eigenvalue weighted by Gasteiger charge is 2.12. The van der Waals surface area contributed by atoms with Crippen LogP contribution in [0.4, 0.5) is 5.82 Å². The molecule has 18 heavy (non-hydrogen) atoms. The summed E-state index contributed by atoms with van der Waals surface area (Å²) in [6, 6.07) is 11.4. The van der Waals surface area contributed by atoms with E-state index in [9.17, 15) is 0 Å². The van der Waals surface area contributed by atoms with E-state index in [4.69, 9.17) is 15.2 Å². The van der Waals surface area contributed by atoms with Gasteiger partial charge in [-0.2, -0.15) is 4.98 Å². The molecule has 0 saturated carbocycles. The molecule has 0 unspecified atom stereocenters. The van der Waals surface area contributed by atoms with Crippen molar-refractivity contribution in [1.29, 1.82) is 0 Å². The lowest BCUT2D eigenvalue weighted by atomic mass is 10.1. The van der Waals surface area contributed by atoms with Gasteiger partial charge in [0.05, 0.1) is 13.7 Å². The molecule has 0 spiro atoms. The van der Waals surface area contributed by atoms with Crippen LogP contribution < -0.4 is 15.2 Å². The molecule has 2 N–H and O–H groups in total. The quantitative estimate of drug-likeness (QED) is 0.898. The molecule has 4 nitrogen and oxygen atoms in total. The number of nitrogens with two attached hydrogens (primary N) is 1. The van der Waals surface area contributed by atoms with Gasteiger partial charge >= 0.3 is 0 Å². The van der Waals surface area contributed by atoms with Crippen LogP contribution in [0.2, 0.25) is 0 Å². The van der Waals surface area contributed by atoms with Gasteiger partial charge in [-0.1, -0.05) is 18.2 Å². The van der Waals surface area contributed by atoms with E-state index in [-0.39, 0.29) is 0 Å². The summed E-state index contributed by atoms with van der Waals surface area (Å²) in [5, 5.41) is 0. The van der Waals surface area contributed by atoms with E-state index in [1.54, 1.807) is 13.2 Å². The predicted molar refractivity (Wildman–Crippen MR) is 71.8 cm³/mol. The fourth-order valence-corrected chi connectivity index (χ4v) is 1.77. The Bertz CT molecular complexity index is 541. The third-order valence-corrected chi connectivity index (χ3v) is 2.56. The summed E-state index contributed by atoms with van der Waals surface area (Å²) in [7, 11) is 1.64. The number of hydrogen-bond donors (Lipinski definition) is 1. The van der Waals surface area contributed by atoms with Crippen molar-refractivity contribution < 1.29 is 9.47 Å². The topological polar surface area (TPSA) is 57.4 Å². The van der Waals surface area contributed by atoms with Gasteiger partial charge in [0.1, 0.15) is 11.6 Å². The zero-order valence-electron chi connectivity index (χ0n) is 10.5. The van der Waals surface area contributed by atoms with Crippen molar-refractivity contribution in [2.75, 3.05) is 19.5 Å². The minimum absolute atomic E-state index is 0.442. The molecule has 1 aromatic carbocycles. The first kappa shape index (κ1) is 12.2. The van der Waals surface area contributed by atoms with Crippen LogP contribution in [0.3, 0.4) is 0 Å².